The van der Waals surface area contributed by atoms with E-state index in [0.717, 1.165) is 0 Å². The van der Waals surface area contributed by atoms with Crippen LogP contribution in [0.15, 0.2) is 66.7 Å². The number of hydrogen-bond donors (Lipinski definition) is 1. The molecule has 154 valence electrons. The third kappa shape index (κ3) is 5.40. The summed E-state index contributed by atoms with van der Waals surface area (Å²) in [6.45, 7) is 1.55. The third-order valence-electron chi connectivity index (χ3n) is 3.96. The smallest absolute Gasteiger partial charge is 0.271 e. The van der Waals surface area contributed by atoms with Gasteiger partial charge >= 0.3 is 0 Å². The Morgan fingerprint density at radius 1 is 1.00 bits per heavy atom. The fraction of sp³-hybridized carbons (Fsp3) is 0.0952. The Labute approximate surface area is 182 Å². The Bertz CT molecular complexity index is 1090. The average Bonchev–Trinajstić information content (AvgIpc) is 2.71. The van der Waals surface area contributed by atoms with Crippen LogP contribution in [-0.2, 0) is 4.79 Å². The summed E-state index contributed by atoms with van der Waals surface area (Å²) in [6, 6.07) is 17.3. The van der Waals surface area contributed by atoms with E-state index in [0.29, 0.717) is 33.0 Å². The minimum absolute atomic E-state index is 0.125. The highest BCUT2D eigenvalue weighted by atomic mass is 35.5. The summed E-state index contributed by atoms with van der Waals surface area (Å²) in [6.07, 6.45) is -0.908. The Balaban J connectivity index is 1.72. The normalized spacial score (nSPS) is 11.4. The molecule has 0 spiro atoms. The topological polar surface area (TPSA) is 90.7 Å². The monoisotopic (exact) mass is 446 g/mol. The lowest BCUT2D eigenvalue weighted by atomic mass is 10.2. The lowest BCUT2D eigenvalue weighted by Crippen LogP contribution is -2.30. The summed E-state index contributed by atoms with van der Waals surface area (Å²) < 4.78 is 11.6. The molecule has 3 aromatic carbocycles. The van der Waals surface area contributed by atoms with Crippen molar-refractivity contribution in [2.45, 2.75) is 13.0 Å². The second kappa shape index (κ2) is 9.47. The molecule has 30 heavy (non-hydrogen) atoms. The highest BCUT2D eigenvalue weighted by Crippen LogP contribution is 2.36. The van der Waals surface area contributed by atoms with Gasteiger partial charge in [-0.1, -0.05) is 41.4 Å². The third-order valence-corrected chi connectivity index (χ3v) is 4.49. The van der Waals surface area contributed by atoms with Crippen LogP contribution in [0.4, 0.5) is 11.4 Å². The van der Waals surface area contributed by atoms with Gasteiger partial charge in [0.15, 0.2) is 17.6 Å². The van der Waals surface area contributed by atoms with Crippen LogP contribution < -0.4 is 14.8 Å². The number of nitro benzene ring substituents is 1. The summed E-state index contributed by atoms with van der Waals surface area (Å²) in [7, 11) is 0. The van der Waals surface area contributed by atoms with Crippen molar-refractivity contribution in [1.29, 1.82) is 0 Å². The molecular weight excluding hydrogens is 431 g/mol. The Morgan fingerprint density at radius 3 is 2.43 bits per heavy atom. The number of anilines is 1. The fourth-order valence-electron chi connectivity index (χ4n) is 2.49. The van der Waals surface area contributed by atoms with Gasteiger partial charge in [0.1, 0.15) is 5.75 Å². The molecular formula is C21H16Cl2N2O5. The number of nitro groups is 1. The highest BCUT2D eigenvalue weighted by molar-refractivity contribution is 6.35. The van der Waals surface area contributed by atoms with Crippen molar-refractivity contribution in [2.75, 3.05) is 5.32 Å². The van der Waals surface area contributed by atoms with E-state index >= 15 is 0 Å². The van der Waals surface area contributed by atoms with Crippen molar-refractivity contribution in [3.8, 4) is 17.2 Å². The maximum atomic E-state index is 12.5. The molecule has 0 heterocycles. The molecule has 0 aliphatic carbocycles. The van der Waals surface area contributed by atoms with Crippen molar-refractivity contribution in [3.63, 3.8) is 0 Å². The van der Waals surface area contributed by atoms with Gasteiger partial charge in [0.25, 0.3) is 11.6 Å². The van der Waals surface area contributed by atoms with E-state index in [2.05, 4.69) is 5.32 Å². The number of para-hydroxylation sites is 2. The molecule has 9 heteroatoms. The highest BCUT2D eigenvalue weighted by Gasteiger charge is 2.18. The summed E-state index contributed by atoms with van der Waals surface area (Å²) in [5, 5.41) is 14.3. The number of rotatable bonds is 7. The SMILES string of the molecule is CC(Oc1ccccc1Oc1ccc(Cl)cc1Cl)C(=O)Nc1cccc([N+](=O)[O-])c1. The van der Waals surface area contributed by atoms with Gasteiger partial charge < -0.3 is 14.8 Å². The van der Waals surface area contributed by atoms with Gasteiger partial charge in [-0.15, -0.1) is 0 Å². The molecule has 1 unspecified atom stereocenters. The van der Waals surface area contributed by atoms with Gasteiger partial charge in [-0.3, -0.25) is 14.9 Å². The molecule has 3 aromatic rings. The number of halogens is 2. The minimum atomic E-state index is -0.908. The molecule has 0 aliphatic heterocycles. The molecule has 7 nitrogen and oxygen atoms in total. The van der Waals surface area contributed by atoms with Crippen LogP contribution in [-0.4, -0.2) is 16.9 Å². The van der Waals surface area contributed by atoms with E-state index < -0.39 is 16.9 Å². The van der Waals surface area contributed by atoms with Crippen molar-refractivity contribution < 1.29 is 19.2 Å². The second-order valence-electron chi connectivity index (χ2n) is 6.18. The van der Waals surface area contributed by atoms with Crippen LogP contribution in [0.3, 0.4) is 0 Å². The van der Waals surface area contributed by atoms with E-state index in [1.807, 2.05) is 0 Å². The zero-order valence-corrected chi connectivity index (χ0v) is 17.2. The number of nitrogens with one attached hydrogen (secondary N) is 1. The van der Waals surface area contributed by atoms with Crippen LogP contribution >= 0.6 is 23.2 Å². The zero-order valence-electron chi connectivity index (χ0n) is 15.7. The number of carbonyl (C=O) groups is 1. The van der Waals surface area contributed by atoms with Crippen molar-refractivity contribution in [1.82, 2.24) is 0 Å². The maximum absolute atomic E-state index is 12.5. The molecule has 0 bridgehead atoms. The lowest BCUT2D eigenvalue weighted by molar-refractivity contribution is -0.384. The molecule has 1 amide bonds. The van der Waals surface area contributed by atoms with Gasteiger partial charge in [0.2, 0.25) is 0 Å². The molecule has 0 fully saturated rings. The van der Waals surface area contributed by atoms with Crippen LogP contribution in [0.1, 0.15) is 6.92 Å². The predicted molar refractivity (Wildman–Crippen MR) is 115 cm³/mol. The standard InChI is InChI=1S/C21H16Cl2N2O5/c1-13(21(26)24-15-5-4-6-16(12-15)25(27)28)29-19-7-2-3-8-20(19)30-18-10-9-14(22)11-17(18)23/h2-13H,1H3,(H,24,26). The number of amides is 1. The first-order valence-electron chi connectivity index (χ1n) is 8.77. The number of hydrogen-bond acceptors (Lipinski definition) is 5. The number of nitrogens with zero attached hydrogens (tertiary/aromatic N) is 1. The maximum Gasteiger partial charge on any atom is 0.271 e. The lowest BCUT2D eigenvalue weighted by Gasteiger charge is -2.17. The molecule has 3 rings (SSSR count). The molecule has 1 atom stereocenters. The number of non-ortho nitro benzene ring substituents is 1. The average molecular weight is 447 g/mol. The Kier molecular flexibility index (Phi) is 6.76. The zero-order chi connectivity index (χ0) is 21.7. The summed E-state index contributed by atoms with van der Waals surface area (Å²) >= 11 is 12.1. The largest absolute Gasteiger partial charge is 0.477 e. The predicted octanol–water partition coefficient (Wildman–Crippen LogP) is 6.10. The van der Waals surface area contributed by atoms with Gasteiger partial charge in [0, 0.05) is 22.8 Å². The Hall–Kier alpha value is -3.29. The second-order valence-corrected chi connectivity index (χ2v) is 7.02. The van der Waals surface area contributed by atoms with Crippen LogP contribution in [0.25, 0.3) is 0 Å². The number of benzene rings is 3. The molecule has 0 saturated carbocycles. The van der Waals surface area contributed by atoms with Gasteiger partial charge in [0.05, 0.1) is 9.95 Å². The summed E-state index contributed by atoms with van der Waals surface area (Å²) in [4.78, 5) is 22.8. The minimum Gasteiger partial charge on any atom is -0.477 e. The fourth-order valence-corrected chi connectivity index (χ4v) is 2.94. The van der Waals surface area contributed by atoms with Crippen molar-refractivity contribution in [2.24, 2.45) is 0 Å². The van der Waals surface area contributed by atoms with E-state index in [4.69, 9.17) is 32.7 Å². The first-order valence-corrected chi connectivity index (χ1v) is 9.53. The summed E-state index contributed by atoms with van der Waals surface area (Å²) in [5.41, 5.74) is 0.169. The molecule has 0 aliphatic rings. The number of ether oxygens (including phenoxy) is 2. The van der Waals surface area contributed by atoms with Crippen LogP contribution in [0.5, 0.6) is 17.2 Å². The van der Waals surface area contributed by atoms with Crippen molar-refractivity contribution in [3.05, 3.63) is 86.9 Å². The Morgan fingerprint density at radius 2 is 1.73 bits per heavy atom. The van der Waals surface area contributed by atoms with E-state index in [1.54, 1.807) is 55.5 Å². The molecule has 0 saturated heterocycles. The van der Waals surface area contributed by atoms with Crippen LogP contribution in [0, 0.1) is 10.1 Å². The first kappa shape index (κ1) is 21.4. The quantitative estimate of drug-likeness (QED) is 0.349. The number of carbonyl (C=O) groups excluding carboxylic acids is 1. The van der Waals surface area contributed by atoms with Crippen LogP contribution in [0.2, 0.25) is 10.0 Å². The van der Waals surface area contributed by atoms with Gasteiger partial charge in [-0.25, -0.2) is 0 Å². The molecule has 0 aromatic heterocycles. The first-order chi connectivity index (χ1) is 14.3. The molecule has 0 radical (unpaired) electrons. The van der Waals surface area contributed by atoms with Crippen molar-refractivity contribution >= 4 is 40.5 Å². The van der Waals surface area contributed by atoms with E-state index in [9.17, 15) is 14.9 Å². The van der Waals surface area contributed by atoms with Gasteiger partial charge in [-0.05, 0) is 43.3 Å². The van der Waals surface area contributed by atoms with E-state index in [1.165, 1.54) is 18.2 Å². The molecule has 1 N–H and O–H groups in total. The van der Waals surface area contributed by atoms with E-state index in [-0.39, 0.29) is 5.69 Å². The van der Waals surface area contributed by atoms with Gasteiger partial charge in [-0.2, -0.15) is 0 Å². The summed E-state index contributed by atoms with van der Waals surface area (Å²) in [5.74, 6) is 0.586.